The number of likely N-dealkylation sites (tertiary alicyclic amines) is 1. The first-order valence-corrected chi connectivity index (χ1v) is 8.56. The average Bonchev–Trinajstić information content (AvgIpc) is 2.67. The highest BCUT2D eigenvalue weighted by molar-refractivity contribution is 5.92. The van der Waals surface area contributed by atoms with E-state index in [2.05, 4.69) is 0 Å². The fourth-order valence-corrected chi connectivity index (χ4v) is 3.25. The minimum absolute atomic E-state index is 0.0371. The minimum atomic E-state index is 0.0371. The van der Waals surface area contributed by atoms with Crippen molar-refractivity contribution in [2.24, 2.45) is 0 Å². The van der Waals surface area contributed by atoms with Gasteiger partial charge >= 0.3 is 0 Å². The molecule has 1 saturated heterocycles. The second-order valence-electron chi connectivity index (χ2n) is 6.27. The van der Waals surface area contributed by atoms with E-state index in [1.807, 2.05) is 47.4 Å². The lowest BCUT2D eigenvalue weighted by Crippen LogP contribution is -2.36. The van der Waals surface area contributed by atoms with Crippen molar-refractivity contribution in [1.29, 1.82) is 0 Å². The quantitative estimate of drug-likeness (QED) is 0.863. The van der Waals surface area contributed by atoms with Crippen LogP contribution in [0.15, 0.2) is 54.6 Å². The van der Waals surface area contributed by atoms with E-state index >= 15 is 0 Å². The van der Waals surface area contributed by atoms with Crippen LogP contribution in [0.1, 0.15) is 29.9 Å². The highest BCUT2D eigenvalue weighted by Crippen LogP contribution is 2.29. The molecule has 1 heterocycles. The maximum absolute atomic E-state index is 12.4. The molecule has 4 heteroatoms. The first kappa shape index (κ1) is 17.1. The van der Waals surface area contributed by atoms with E-state index < -0.39 is 0 Å². The summed E-state index contributed by atoms with van der Waals surface area (Å²) in [5, 5.41) is 9.39. The molecule has 0 saturated carbocycles. The van der Waals surface area contributed by atoms with E-state index in [1.54, 1.807) is 25.3 Å². The largest absolute Gasteiger partial charge is 0.508 e. The molecule has 3 rings (SSSR count). The zero-order valence-electron chi connectivity index (χ0n) is 14.4. The number of carbonyl (C=O) groups is 1. The number of phenols is 1. The summed E-state index contributed by atoms with van der Waals surface area (Å²) in [6.07, 6.45) is 5.32. The molecule has 0 spiro atoms. The van der Waals surface area contributed by atoms with Gasteiger partial charge in [-0.3, -0.25) is 4.79 Å². The normalized spacial score (nSPS) is 15.5. The predicted octanol–water partition coefficient (Wildman–Crippen LogP) is 3.82. The van der Waals surface area contributed by atoms with Crippen LogP contribution in [0.4, 0.5) is 0 Å². The maximum atomic E-state index is 12.4. The van der Waals surface area contributed by atoms with Gasteiger partial charge in [0.05, 0.1) is 7.11 Å². The van der Waals surface area contributed by atoms with Gasteiger partial charge in [0.2, 0.25) is 5.91 Å². The molecule has 25 heavy (non-hydrogen) atoms. The molecule has 1 amide bonds. The van der Waals surface area contributed by atoms with E-state index in [9.17, 15) is 9.90 Å². The van der Waals surface area contributed by atoms with E-state index in [0.29, 0.717) is 5.92 Å². The van der Waals surface area contributed by atoms with Gasteiger partial charge in [-0.1, -0.05) is 30.3 Å². The molecule has 0 bridgehead atoms. The Morgan fingerprint density at radius 1 is 1.12 bits per heavy atom. The number of ether oxygens (including phenoxy) is 1. The summed E-state index contributed by atoms with van der Waals surface area (Å²) in [5.41, 5.74) is 2.13. The van der Waals surface area contributed by atoms with Gasteiger partial charge in [-0.2, -0.15) is 0 Å². The number of piperidine rings is 1. The van der Waals surface area contributed by atoms with Gasteiger partial charge < -0.3 is 14.7 Å². The Morgan fingerprint density at radius 3 is 2.48 bits per heavy atom. The van der Waals surface area contributed by atoms with Crippen LogP contribution in [-0.4, -0.2) is 36.1 Å². The van der Waals surface area contributed by atoms with Crippen LogP contribution in [0.5, 0.6) is 11.5 Å². The van der Waals surface area contributed by atoms with E-state index in [1.165, 1.54) is 5.56 Å². The first-order valence-electron chi connectivity index (χ1n) is 8.56. The van der Waals surface area contributed by atoms with E-state index in [4.69, 9.17) is 4.74 Å². The van der Waals surface area contributed by atoms with Crippen LogP contribution in [-0.2, 0) is 4.79 Å². The third-order valence-corrected chi connectivity index (χ3v) is 4.72. The standard InChI is InChI=1S/C21H23NO3/c1-25-20-5-3-2-4-18(20)8-11-21(24)22-14-12-17(13-15-22)16-6-9-19(23)10-7-16/h2-11,17,23H,12-15H2,1H3/b11-8+. The minimum Gasteiger partial charge on any atom is -0.508 e. The number of nitrogens with zero attached hydrogens (tertiary/aromatic N) is 1. The molecular weight excluding hydrogens is 314 g/mol. The molecule has 0 aromatic heterocycles. The second-order valence-corrected chi connectivity index (χ2v) is 6.27. The molecule has 1 aliphatic heterocycles. The van der Waals surface area contributed by atoms with Gasteiger partial charge in [0.15, 0.2) is 0 Å². The fraction of sp³-hybridized carbons (Fsp3) is 0.286. The molecule has 1 N–H and O–H groups in total. The van der Waals surface area contributed by atoms with Crippen LogP contribution in [0, 0.1) is 0 Å². The molecule has 2 aromatic rings. The van der Waals surface area contributed by atoms with Crippen molar-refractivity contribution < 1.29 is 14.6 Å². The van der Waals surface area contributed by atoms with Crippen LogP contribution in [0.3, 0.4) is 0 Å². The molecule has 0 atom stereocenters. The highest BCUT2D eigenvalue weighted by atomic mass is 16.5. The molecule has 2 aromatic carbocycles. The number of amides is 1. The van der Waals surface area contributed by atoms with Crippen molar-refractivity contribution in [3.8, 4) is 11.5 Å². The van der Waals surface area contributed by atoms with Crippen LogP contribution in [0.25, 0.3) is 6.08 Å². The summed E-state index contributed by atoms with van der Waals surface area (Å²) >= 11 is 0. The summed E-state index contributed by atoms with van der Waals surface area (Å²) in [6, 6.07) is 15.0. The lowest BCUT2D eigenvalue weighted by molar-refractivity contribution is -0.126. The number of phenolic OH excluding ortho intramolecular Hbond substituents is 1. The Morgan fingerprint density at radius 2 is 1.80 bits per heavy atom. The van der Waals surface area contributed by atoms with Gasteiger partial charge in [0.1, 0.15) is 11.5 Å². The lowest BCUT2D eigenvalue weighted by Gasteiger charge is -2.31. The van der Waals surface area contributed by atoms with Gasteiger partial charge in [-0.25, -0.2) is 0 Å². The second kappa shape index (κ2) is 7.88. The monoisotopic (exact) mass is 337 g/mol. The van der Waals surface area contributed by atoms with Crippen molar-refractivity contribution in [3.05, 3.63) is 65.7 Å². The van der Waals surface area contributed by atoms with E-state index in [-0.39, 0.29) is 11.7 Å². The SMILES string of the molecule is COc1ccccc1/C=C/C(=O)N1CCC(c2ccc(O)cc2)CC1. The smallest absolute Gasteiger partial charge is 0.246 e. The zero-order chi connectivity index (χ0) is 17.6. The Balaban J connectivity index is 1.58. The number of rotatable bonds is 4. The molecule has 1 aliphatic rings. The summed E-state index contributed by atoms with van der Waals surface area (Å²) in [4.78, 5) is 14.3. The van der Waals surface area contributed by atoms with Crippen molar-refractivity contribution in [2.75, 3.05) is 20.2 Å². The number of carbonyl (C=O) groups excluding carboxylic acids is 1. The highest BCUT2D eigenvalue weighted by Gasteiger charge is 2.22. The molecular formula is C21H23NO3. The number of hydrogen-bond acceptors (Lipinski definition) is 3. The third kappa shape index (κ3) is 4.21. The van der Waals surface area contributed by atoms with Crippen LogP contribution >= 0.6 is 0 Å². The lowest BCUT2D eigenvalue weighted by atomic mass is 9.89. The molecule has 0 unspecified atom stereocenters. The molecule has 0 aliphatic carbocycles. The van der Waals surface area contributed by atoms with Crippen LogP contribution < -0.4 is 4.74 Å². The predicted molar refractivity (Wildman–Crippen MR) is 98.7 cm³/mol. The van der Waals surface area contributed by atoms with Gasteiger partial charge in [-0.15, -0.1) is 0 Å². The summed E-state index contributed by atoms with van der Waals surface area (Å²) in [6.45, 7) is 1.50. The van der Waals surface area contributed by atoms with Gasteiger partial charge in [0, 0.05) is 24.7 Å². The van der Waals surface area contributed by atoms with E-state index in [0.717, 1.165) is 37.2 Å². The van der Waals surface area contributed by atoms with Gasteiger partial charge in [0.25, 0.3) is 0 Å². The number of aromatic hydroxyl groups is 1. The van der Waals surface area contributed by atoms with Crippen molar-refractivity contribution >= 4 is 12.0 Å². The topological polar surface area (TPSA) is 49.8 Å². The summed E-state index contributed by atoms with van der Waals surface area (Å²) in [5.74, 6) is 1.54. The number of para-hydroxylation sites is 1. The Kier molecular flexibility index (Phi) is 5.39. The zero-order valence-corrected chi connectivity index (χ0v) is 14.4. The molecule has 130 valence electrons. The molecule has 0 radical (unpaired) electrons. The van der Waals surface area contributed by atoms with Crippen LogP contribution in [0.2, 0.25) is 0 Å². The van der Waals surface area contributed by atoms with Crippen molar-refractivity contribution in [2.45, 2.75) is 18.8 Å². The molecule has 4 nitrogen and oxygen atoms in total. The van der Waals surface area contributed by atoms with Crippen molar-refractivity contribution in [3.63, 3.8) is 0 Å². The average molecular weight is 337 g/mol. The maximum Gasteiger partial charge on any atom is 0.246 e. The first-order chi connectivity index (χ1) is 12.2. The summed E-state index contributed by atoms with van der Waals surface area (Å²) in [7, 11) is 1.63. The Bertz CT molecular complexity index is 744. The molecule has 1 fully saturated rings. The third-order valence-electron chi connectivity index (χ3n) is 4.72. The fourth-order valence-electron chi connectivity index (χ4n) is 3.25. The summed E-state index contributed by atoms with van der Waals surface area (Å²) < 4.78 is 5.30. The van der Waals surface area contributed by atoms with Gasteiger partial charge in [-0.05, 0) is 48.6 Å². The number of hydrogen-bond donors (Lipinski definition) is 1. The number of benzene rings is 2. The van der Waals surface area contributed by atoms with Crippen molar-refractivity contribution in [1.82, 2.24) is 4.90 Å². The Hall–Kier alpha value is -2.75. The Labute approximate surface area is 148 Å². The number of methoxy groups -OCH3 is 1.